The van der Waals surface area contributed by atoms with Gasteiger partial charge in [-0.15, -0.1) is 6.58 Å². The highest BCUT2D eigenvalue weighted by Gasteiger charge is 2.12. The molecule has 0 radical (unpaired) electrons. The molecule has 0 aliphatic rings. The molecule has 0 aromatic rings. The van der Waals surface area contributed by atoms with E-state index in [0.29, 0.717) is 0 Å². The van der Waals surface area contributed by atoms with Gasteiger partial charge >= 0.3 is 0 Å². The predicted octanol–water partition coefficient (Wildman–Crippen LogP) is 3.07. The fourth-order valence-corrected chi connectivity index (χ4v) is 0.144. The second-order valence-electron chi connectivity index (χ2n) is 1.32. The standard InChI is InChI=1S/C5H8Br2/c1-3-5(6,7)4-2/h3H,1,4H2,2H3. The van der Waals surface area contributed by atoms with Crippen LogP contribution >= 0.6 is 31.9 Å². The van der Waals surface area contributed by atoms with Gasteiger partial charge in [-0.2, -0.15) is 0 Å². The van der Waals surface area contributed by atoms with Crippen LogP contribution in [0.15, 0.2) is 12.7 Å². The molecule has 7 heavy (non-hydrogen) atoms. The Kier molecular flexibility index (Phi) is 3.16. The summed E-state index contributed by atoms with van der Waals surface area (Å²) >= 11 is 6.76. The Labute approximate surface area is 61.2 Å². The lowest BCUT2D eigenvalue weighted by molar-refractivity contribution is 0.953. The Balaban J connectivity index is 3.58. The molecule has 2 heteroatoms. The van der Waals surface area contributed by atoms with Gasteiger partial charge in [0, 0.05) is 0 Å². The van der Waals surface area contributed by atoms with Crippen LogP contribution in [0.5, 0.6) is 0 Å². The van der Waals surface area contributed by atoms with Crippen LogP contribution in [-0.2, 0) is 0 Å². The summed E-state index contributed by atoms with van der Waals surface area (Å²) in [5.41, 5.74) is 0. The molecular weight excluding hydrogens is 220 g/mol. The SMILES string of the molecule is C=CC(Br)(Br)CC. The van der Waals surface area contributed by atoms with Gasteiger partial charge in [0.15, 0.2) is 0 Å². The maximum atomic E-state index is 3.61. The first kappa shape index (κ1) is 7.70. The molecule has 0 fully saturated rings. The van der Waals surface area contributed by atoms with E-state index in [9.17, 15) is 0 Å². The van der Waals surface area contributed by atoms with Crippen molar-refractivity contribution < 1.29 is 0 Å². The smallest absolute Gasteiger partial charge is 0.0979 e. The molecule has 0 saturated carbocycles. The zero-order valence-electron chi connectivity index (χ0n) is 4.25. The molecule has 0 saturated heterocycles. The third-order valence-corrected chi connectivity index (χ3v) is 2.54. The van der Waals surface area contributed by atoms with Crippen molar-refractivity contribution in [3.05, 3.63) is 12.7 Å². The number of hydrogen-bond acceptors (Lipinski definition) is 0. The summed E-state index contributed by atoms with van der Waals surface area (Å²) in [5.74, 6) is 0. The maximum absolute atomic E-state index is 3.61. The van der Waals surface area contributed by atoms with Gasteiger partial charge in [0.1, 0.15) is 0 Å². The summed E-state index contributed by atoms with van der Waals surface area (Å²) in [7, 11) is 0. The van der Waals surface area contributed by atoms with Crippen LogP contribution in [0.25, 0.3) is 0 Å². The third kappa shape index (κ3) is 3.30. The minimum absolute atomic E-state index is 0.0278. The molecule has 0 unspecified atom stereocenters. The van der Waals surface area contributed by atoms with Gasteiger partial charge in [-0.1, -0.05) is 44.9 Å². The van der Waals surface area contributed by atoms with Crippen LogP contribution in [0.1, 0.15) is 13.3 Å². The van der Waals surface area contributed by atoms with E-state index in [-0.39, 0.29) is 3.23 Å². The van der Waals surface area contributed by atoms with Gasteiger partial charge in [-0.05, 0) is 6.42 Å². The minimum Gasteiger partial charge on any atom is -0.101 e. The fourth-order valence-electron chi connectivity index (χ4n) is 0.144. The number of alkyl halides is 2. The molecule has 0 rings (SSSR count). The molecule has 0 spiro atoms. The highest BCUT2D eigenvalue weighted by atomic mass is 79.9. The molecule has 0 aliphatic heterocycles. The van der Waals surface area contributed by atoms with Gasteiger partial charge in [0.2, 0.25) is 0 Å². The van der Waals surface area contributed by atoms with Crippen molar-refractivity contribution in [2.45, 2.75) is 16.6 Å². The molecule has 0 aliphatic carbocycles. The second kappa shape index (κ2) is 2.88. The Morgan fingerprint density at radius 3 is 2.14 bits per heavy atom. The van der Waals surface area contributed by atoms with Crippen LogP contribution in [-0.4, -0.2) is 3.23 Å². The Bertz CT molecular complexity index is 66.5. The van der Waals surface area contributed by atoms with E-state index < -0.39 is 0 Å². The lowest BCUT2D eigenvalue weighted by Gasteiger charge is -2.09. The predicted molar refractivity (Wildman–Crippen MR) is 41.1 cm³/mol. The summed E-state index contributed by atoms with van der Waals surface area (Å²) in [6, 6.07) is 0. The summed E-state index contributed by atoms with van der Waals surface area (Å²) in [6.07, 6.45) is 2.84. The van der Waals surface area contributed by atoms with Crippen molar-refractivity contribution in [3.63, 3.8) is 0 Å². The van der Waals surface area contributed by atoms with E-state index in [0.717, 1.165) is 6.42 Å². The van der Waals surface area contributed by atoms with Gasteiger partial charge in [-0.3, -0.25) is 0 Å². The number of allylic oxidation sites excluding steroid dienone is 1. The maximum Gasteiger partial charge on any atom is 0.0979 e. The molecule has 0 bridgehead atoms. The number of halogens is 2. The zero-order chi connectivity index (χ0) is 5.91. The van der Waals surface area contributed by atoms with Gasteiger partial charge in [0.25, 0.3) is 0 Å². The highest BCUT2D eigenvalue weighted by Crippen LogP contribution is 2.30. The lowest BCUT2D eigenvalue weighted by atomic mass is 10.3. The van der Waals surface area contributed by atoms with Crippen molar-refractivity contribution in [2.75, 3.05) is 0 Å². The summed E-state index contributed by atoms with van der Waals surface area (Å²) in [5, 5.41) is 0. The van der Waals surface area contributed by atoms with E-state index in [1.165, 1.54) is 0 Å². The van der Waals surface area contributed by atoms with Crippen molar-refractivity contribution in [1.82, 2.24) is 0 Å². The van der Waals surface area contributed by atoms with Crippen LogP contribution < -0.4 is 0 Å². The van der Waals surface area contributed by atoms with Crippen LogP contribution in [0.4, 0.5) is 0 Å². The molecule has 0 aromatic heterocycles. The third-order valence-electron chi connectivity index (χ3n) is 0.770. The summed E-state index contributed by atoms with van der Waals surface area (Å²) in [4.78, 5) is 0. The van der Waals surface area contributed by atoms with Crippen LogP contribution in [0.3, 0.4) is 0 Å². The van der Waals surface area contributed by atoms with E-state index in [1.54, 1.807) is 0 Å². The Morgan fingerprint density at radius 2 is 2.14 bits per heavy atom. The van der Waals surface area contributed by atoms with Gasteiger partial charge < -0.3 is 0 Å². The fraction of sp³-hybridized carbons (Fsp3) is 0.600. The molecule has 0 atom stereocenters. The van der Waals surface area contributed by atoms with Gasteiger partial charge in [0.05, 0.1) is 3.23 Å². The van der Waals surface area contributed by atoms with E-state index >= 15 is 0 Å². The number of rotatable bonds is 2. The minimum atomic E-state index is -0.0278. The first-order valence-electron chi connectivity index (χ1n) is 2.14. The lowest BCUT2D eigenvalue weighted by Crippen LogP contribution is -2.01. The largest absolute Gasteiger partial charge is 0.101 e. The average molecular weight is 228 g/mol. The Hall–Kier alpha value is 0.700. The van der Waals surface area contributed by atoms with Crippen molar-refractivity contribution in [1.29, 1.82) is 0 Å². The quantitative estimate of drug-likeness (QED) is 0.503. The molecule has 42 valence electrons. The average Bonchev–Trinajstić information content (AvgIpc) is 1.68. The molecule has 0 heterocycles. The van der Waals surface area contributed by atoms with E-state index in [1.807, 2.05) is 6.08 Å². The zero-order valence-corrected chi connectivity index (χ0v) is 7.42. The van der Waals surface area contributed by atoms with E-state index in [4.69, 9.17) is 0 Å². The van der Waals surface area contributed by atoms with Crippen LogP contribution in [0, 0.1) is 0 Å². The summed E-state index contributed by atoms with van der Waals surface area (Å²) in [6.45, 7) is 5.68. The summed E-state index contributed by atoms with van der Waals surface area (Å²) < 4.78 is -0.0278. The van der Waals surface area contributed by atoms with E-state index in [2.05, 4.69) is 45.4 Å². The highest BCUT2D eigenvalue weighted by molar-refractivity contribution is 9.25. The number of hydrogen-bond donors (Lipinski definition) is 0. The van der Waals surface area contributed by atoms with Crippen LogP contribution in [0.2, 0.25) is 0 Å². The Morgan fingerprint density at radius 1 is 1.71 bits per heavy atom. The molecule has 0 N–H and O–H groups in total. The molecular formula is C5H8Br2. The van der Waals surface area contributed by atoms with Crippen molar-refractivity contribution >= 4 is 31.9 Å². The molecule has 0 nitrogen and oxygen atoms in total. The van der Waals surface area contributed by atoms with Crippen molar-refractivity contribution in [2.24, 2.45) is 0 Å². The first-order valence-corrected chi connectivity index (χ1v) is 3.72. The molecule has 0 aromatic carbocycles. The van der Waals surface area contributed by atoms with Crippen molar-refractivity contribution in [3.8, 4) is 0 Å². The van der Waals surface area contributed by atoms with Gasteiger partial charge in [-0.25, -0.2) is 0 Å². The first-order chi connectivity index (χ1) is 3.12. The monoisotopic (exact) mass is 226 g/mol. The second-order valence-corrected chi connectivity index (χ2v) is 5.21. The normalized spacial score (nSPS) is 11.3. The molecule has 0 amide bonds. The topological polar surface area (TPSA) is 0 Å².